The lowest BCUT2D eigenvalue weighted by molar-refractivity contribution is -0.384. The fraction of sp³-hybridized carbons (Fsp3) is 0.0909. The number of hydrogen-bond donors (Lipinski definition) is 1. The van der Waals surface area contributed by atoms with E-state index in [-0.39, 0.29) is 22.7 Å². The molecule has 0 aliphatic carbocycles. The number of aryl methyl sites for hydroxylation is 1. The standard InChI is InChI=1S/C22H18N2O6/c1-15-11-12-18(19(13-15)24(27)28)23-21(25)14-29-22(26)17-9-5-6-10-20(17)30-16-7-3-2-4-8-16/h2-13H,14H2,1H3,(H,23,25). The molecule has 8 nitrogen and oxygen atoms in total. The quantitative estimate of drug-likeness (QED) is 0.352. The number of nitrogens with one attached hydrogen (secondary N) is 1. The highest BCUT2D eigenvalue weighted by Gasteiger charge is 2.19. The first-order valence-electron chi connectivity index (χ1n) is 8.98. The van der Waals surface area contributed by atoms with E-state index in [1.165, 1.54) is 18.2 Å². The second kappa shape index (κ2) is 9.33. The molecule has 1 N–H and O–H groups in total. The van der Waals surface area contributed by atoms with E-state index < -0.39 is 23.4 Å². The van der Waals surface area contributed by atoms with Gasteiger partial charge in [-0.25, -0.2) is 4.79 Å². The van der Waals surface area contributed by atoms with Crippen LogP contribution in [-0.4, -0.2) is 23.4 Å². The number of rotatable bonds is 7. The van der Waals surface area contributed by atoms with Crippen molar-refractivity contribution in [3.8, 4) is 11.5 Å². The molecule has 0 saturated heterocycles. The van der Waals surface area contributed by atoms with Crippen LogP contribution >= 0.6 is 0 Å². The van der Waals surface area contributed by atoms with Gasteiger partial charge in [0.15, 0.2) is 6.61 Å². The topological polar surface area (TPSA) is 108 Å². The van der Waals surface area contributed by atoms with Gasteiger partial charge in [-0.15, -0.1) is 0 Å². The number of anilines is 1. The average molecular weight is 406 g/mol. The third kappa shape index (κ3) is 5.20. The molecule has 0 aromatic heterocycles. The van der Waals surface area contributed by atoms with E-state index in [0.717, 1.165) is 0 Å². The number of carbonyl (C=O) groups excluding carboxylic acids is 2. The van der Waals surface area contributed by atoms with Gasteiger partial charge in [-0.3, -0.25) is 14.9 Å². The molecule has 0 aliphatic heterocycles. The Labute approximate surface area is 172 Å². The summed E-state index contributed by atoms with van der Waals surface area (Å²) in [5.41, 5.74) is 0.618. The van der Waals surface area contributed by atoms with E-state index in [0.29, 0.717) is 11.3 Å². The van der Waals surface area contributed by atoms with Gasteiger partial charge in [0.25, 0.3) is 11.6 Å². The van der Waals surface area contributed by atoms with Crippen molar-refractivity contribution in [3.63, 3.8) is 0 Å². The van der Waals surface area contributed by atoms with Gasteiger partial charge in [0, 0.05) is 6.07 Å². The van der Waals surface area contributed by atoms with Gasteiger partial charge in [-0.2, -0.15) is 0 Å². The number of ether oxygens (including phenoxy) is 2. The van der Waals surface area contributed by atoms with Gasteiger partial charge in [0.05, 0.1) is 4.92 Å². The number of amides is 1. The normalized spacial score (nSPS) is 10.2. The molecule has 0 heterocycles. The van der Waals surface area contributed by atoms with Crippen LogP contribution in [-0.2, 0) is 9.53 Å². The van der Waals surface area contributed by atoms with E-state index in [9.17, 15) is 19.7 Å². The maximum atomic E-state index is 12.4. The summed E-state index contributed by atoms with van der Waals surface area (Å²) < 4.78 is 10.8. The van der Waals surface area contributed by atoms with Crippen LogP contribution in [0.15, 0.2) is 72.8 Å². The molecule has 3 rings (SSSR count). The molecule has 30 heavy (non-hydrogen) atoms. The Morgan fingerprint density at radius 1 is 1.00 bits per heavy atom. The average Bonchev–Trinajstić information content (AvgIpc) is 2.74. The highest BCUT2D eigenvalue weighted by Crippen LogP contribution is 2.26. The van der Waals surface area contributed by atoms with Gasteiger partial charge in [-0.1, -0.05) is 36.4 Å². The van der Waals surface area contributed by atoms with E-state index in [1.807, 2.05) is 6.07 Å². The number of nitrogens with zero attached hydrogens (tertiary/aromatic N) is 1. The van der Waals surface area contributed by atoms with Gasteiger partial charge in [0.1, 0.15) is 22.7 Å². The summed E-state index contributed by atoms with van der Waals surface area (Å²) in [7, 11) is 0. The van der Waals surface area contributed by atoms with Gasteiger partial charge >= 0.3 is 5.97 Å². The monoisotopic (exact) mass is 406 g/mol. The van der Waals surface area contributed by atoms with Crippen molar-refractivity contribution >= 4 is 23.3 Å². The van der Waals surface area contributed by atoms with Crippen LogP contribution < -0.4 is 10.1 Å². The third-order valence-electron chi connectivity index (χ3n) is 4.04. The van der Waals surface area contributed by atoms with Crippen molar-refractivity contribution in [1.82, 2.24) is 0 Å². The largest absolute Gasteiger partial charge is 0.456 e. The lowest BCUT2D eigenvalue weighted by Crippen LogP contribution is -2.21. The molecular weight excluding hydrogens is 388 g/mol. The van der Waals surface area contributed by atoms with Crippen LogP contribution in [0, 0.1) is 17.0 Å². The predicted octanol–water partition coefficient (Wildman–Crippen LogP) is 4.49. The Balaban J connectivity index is 1.65. The van der Waals surface area contributed by atoms with Gasteiger partial charge < -0.3 is 14.8 Å². The Morgan fingerprint density at radius 3 is 2.43 bits per heavy atom. The Bertz CT molecular complexity index is 1080. The minimum Gasteiger partial charge on any atom is -0.456 e. The summed E-state index contributed by atoms with van der Waals surface area (Å²) in [6.07, 6.45) is 0. The summed E-state index contributed by atoms with van der Waals surface area (Å²) >= 11 is 0. The van der Waals surface area contributed by atoms with Crippen LogP contribution in [0.5, 0.6) is 11.5 Å². The maximum absolute atomic E-state index is 12.4. The summed E-state index contributed by atoms with van der Waals surface area (Å²) in [5, 5.41) is 13.5. The minimum atomic E-state index is -0.755. The van der Waals surface area contributed by atoms with E-state index in [4.69, 9.17) is 9.47 Å². The highest BCUT2D eigenvalue weighted by atomic mass is 16.6. The fourth-order valence-corrected chi connectivity index (χ4v) is 2.63. The zero-order valence-corrected chi connectivity index (χ0v) is 16.0. The van der Waals surface area contributed by atoms with Crippen molar-refractivity contribution in [3.05, 3.63) is 94.0 Å². The molecule has 8 heteroatoms. The zero-order valence-electron chi connectivity index (χ0n) is 16.0. The van der Waals surface area contributed by atoms with Crippen LogP contribution in [0.2, 0.25) is 0 Å². The molecular formula is C22H18N2O6. The molecule has 0 radical (unpaired) electrons. The van der Waals surface area contributed by atoms with Crippen molar-refractivity contribution < 1.29 is 24.0 Å². The maximum Gasteiger partial charge on any atom is 0.342 e. The third-order valence-corrected chi connectivity index (χ3v) is 4.04. The van der Waals surface area contributed by atoms with E-state index in [1.54, 1.807) is 55.5 Å². The lowest BCUT2D eigenvalue weighted by atomic mass is 10.2. The molecule has 3 aromatic rings. The second-order valence-electron chi connectivity index (χ2n) is 6.31. The number of nitro groups is 1. The first kappa shape index (κ1) is 20.5. The molecule has 0 bridgehead atoms. The first-order chi connectivity index (χ1) is 14.4. The number of benzene rings is 3. The van der Waals surface area contributed by atoms with Crippen molar-refractivity contribution in [2.24, 2.45) is 0 Å². The van der Waals surface area contributed by atoms with Crippen LogP contribution in [0.3, 0.4) is 0 Å². The number of nitro benzene ring substituents is 1. The van der Waals surface area contributed by atoms with Crippen molar-refractivity contribution in [2.75, 3.05) is 11.9 Å². The molecule has 1 amide bonds. The van der Waals surface area contributed by atoms with Crippen molar-refractivity contribution in [2.45, 2.75) is 6.92 Å². The van der Waals surface area contributed by atoms with Crippen LogP contribution in [0.25, 0.3) is 0 Å². The van der Waals surface area contributed by atoms with E-state index in [2.05, 4.69) is 5.32 Å². The summed E-state index contributed by atoms with van der Waals surface area (Å²) in [5.74, 6) is -0.627. The molecule has 0 fully saturated rings. The fourth-order valence-electron chi connectivity index (χ4n) is 2.63. The van der Waals surface area contributed by atoms with Crippen molar-refractivity contribution in [1.29, 1.82) is 0 Å². The summed E-state index contributed by atoms with van der Waals surface area (Å²) in [6, 6.07) is 19.8. The highest BCUT2D eigenvalue weighted by molar-refractivity contribution is 5.97. The molecule has 3 aromatic carbocycles. The molecule has 0 saturated carbocycles. The second-order valence-corrected chi connectivity index (χ2v) is 6.31. The Kier molecular flexibility index (Phi) is 6.39. The van der Waals surface area contributed by atoms with E-state index >= 15 is 0 Å². The number of carbonyl (C=O) groups is 2. The summed E-state index contributed by atoms with van der Waals surface area (Å²) in [4.78, 5) is 35.1. The number of hydrogen-bond acceptors (Lipinski definition) is 6. The first-order valence-corrected chi connectivity index (χ1v) is 8.98. The Hall–Kier alpha value is -4.20. The van der Waals surface area contributed by atoms with Crippen LogP contribution in [0.4, 0.5) is 11.4 Å². The number of esters is 1. The van der Waals surface area contributed by atoms with Gasteiger partial charge in [-0.05, 0) is 42.8 Å². The van der Waals surface area contributed by atoms with Gasteiger partial charge in [0.2, 0.25) is 0 Å². The predicted molar refractivity (Wildman–Crippen MR) is 110 cm³/mol. The molecule has 0 aliphatic rings. The zero-order chi connectivity index (χ0) is 21.5. The summed E-state index contributed by atoms with van der Waals surface area (Å²) in [6.45, 7) is 1.10. The smallest absolute Gasteiger partial charge is 0.342 e. The Morgan fingerprint density at radius 2 is 1.70 bits per heavy atom. The SMILES string of the molecule is Cc1ccc(NC(=O)COC(=O)c2ccccc2Oc2ccccc2)c([N+](=O)[O-])c1. The molecule has 0 atom stereocenters. The molecule has 0 spiro atoms. The molecule has 152 valence electrons. The van der Waals surface area contributed by atoms with Crippen LogP contribution in [0.1, 0.15) is 15.9 Å². The molecule has 0 unspecified atom stereocenters. The lowest BCUT2D eigenvalue weighted by Gasteiger charge is -2.11. The number of para-hydroxylation sites is 2. The minimum absolute atomic E-state index is 0.0273.